The third-order valence-electron chi connectivity index (χ3n) is 5.08. The number of aromatic nitrogens is 2. The van der Waals surface area contributed by atoms with Crippen LogP contribution in [-0.2, 0) is 11.2 Å². The predicted octanol–water partition coefficient (Wildman–Crippen LogP) is 4.70. The van der Waals surface area contributed by atoms with Gasteiger partial charge in [-0.3, -0.25) is 10.0 Å². The van der Waals surface area contributed by atoms with Crippen molar-refractivity contribution in [2.75, 3.05) is 11.9 Å². The van der Waals surface area contributed by atoms with Crippen LogP contribution in [0, 0.1) is 6.92 Å². The molecule has 1 heterocycles. The quantitative estimate of drug-likeness (QED) is 0.313. The Balaban J connectivity index is 1.58. The van der Waals surface area contributed by atoms with Crippen LogP contribution in [0.25, 0.3) is 10.9 Å². The molecule has 2 N–H and O–H groups in total. The molecule has 0 unspecified atom stereocenters. The number of fused-ring (bicyclic) bond motifs is 1. The van der Waals surface area contributed by atoms with Crippen LogP contribution in [0.2, 0.25) is 0 Å². The second-order valence-corrected chi connectivity index (χ2v) is 7.29. The molecule has 0 saturated carbocycles. The number of nitrogens with zero attached hydrogens (tertiary/aromatic N) is 3. The average molecular weight is 393 g/mol. The molecular weight excluding hydrogens is 364 g/mol. The van der Waals surface area contributed by atoms with Gasteiger partial charge < -0.3 is 4.90 Å². The highest BCUT2D eigenvalue weighted by molar-refractivity contribution is 5.91. The molecule has 152 valence electrons. The molecule has 0 aliphatic heterocycles. The smallest absolute Gasteiger partial charge is 0.243 e. The fraction of sp³-hybridized carbons (Fsp3) is 0.348. The summed E-state index contributed by atoms with van der Waals surface area (Å²) in [4.78, 5) is 22.3. The zero-order valence-electron chi connectivity index (χ0n) is 17.1. The van der Waals surface area contributed by atoms with E-state index in [1.807, 2.05) is 32.2 Å². The number of anilines is 2. The van der Waals surface area contributed by atoms with Crippen LogP contribution in [0.1, 0.15) is 43.5 Å². The molecule has 0 aliphatic rings. The van der Waals surface area contributed by atoms with Gasteiger partial charge >= 0.3 is 0 Å². The van der Waals surface area contributed by atoms with E-state index in [9.17, 15) is 4.79 Å². The fourth-order valence-electron chi connectivity index (χ4n) is 3.46. The summed E-state index contributed by atoms with van der Waals surface area (Å²) in [6.45, 7) is 1.92. The van der Waals surface area contributed by atoms with E-state index < -0.39 is 0 Å². The van der Waals surface area contributed by atoms with E-state index in [2.05, 4.69) is 45.2 Å². The number of hydrogen-bond acceptors (Lipinski definition) is 5. The fourth-order valence-corrected chi connectivity index (χ4v) is 3.46. The molecule has 0 atom stereocenters. The second kappa shape index (κ2) is 9.98. The molecule has 3 rings (SSSR count). The summed E-state index contributed by atoms with van der Waals surface area (Å²) < 4.78 is 0. The molecule has 0 bridgehead atoms. The molecule has 0 spiro atoms. The molecule has 6 nitrogen and oxygen atoms in total. The molecule has 0 aliphatic carbocycles. The van der Waals surface area contributed by atoms with Crippen molar-refractivity contribution in [1.29, 1.82) is 0 Å². The maximum absolute atomic E-state index is 11.0. The summed E-state index contributed by atoms with van der Waals surface area (Å²) >= 11 is 0. The third kappa shape index (κ3) is 5.51. The molecule has 2 aromatic carbocycles. The lowest BCUT2D eigenvalue weighted by atomic mass is 10.0. The molecule has 0 saturated heterocycles. The van der Waals surface area contributed by atoms with E-state index in [0.29, 0.717) is 6.42 Å². The van der Waals surface area contributed by atoms with Crippen molar-refractivity contribution in [3.05, 3.63) is 59.9 Å². The summed E-state index contributed by atoms with van der Waals surface area (Å²) in [5.74, 6) is 1.36. The van der Waals surface area contributed by atoms with Gasteiger partial charge in [0.2, 0.25) is 5.91 Å². The number of aryl methyl sites for hydroxylation is 2. The van der Waals surface area contributed by atoms with Crippen molar-refractivity contribution < 1.29 is 10.0 Å². The van der Waals surface area contributed by atoms with Gasteiger partial charge in [0.15, 0.2) is 0 Å². The Bertz CT molecular complexity index is 957. The maximum Gasteiger partial charge on any atom is 0.243 e. The molecule has 1 amide bonds. The van der Waals surface area contributed by atoms with Gasteiger partial charge in [-0.05, 0) is 56.0 Å². The number of benzene rings is 2. The highest BCUT2D eigenvalue weighted by atomic mass is 16.5. The number of nitrogens with one attached hydrogen (secondary N) is 1. The van der Waals surface area contributed by atoms with Crippen molar-refractivity contribution in [2.24, 2.45) is 0 Å². The first-order valence-corrected chi connectivity index (χ1v) is 10.1. The lowest BCUT2D eigenvalue weighted by Gasteiger charge is -2.20. The minimum Gasteiger partial charge on any atom is -0.329 e. The van der Waals surface area contributed by atoms with E-state index in [1.165, 1.54) is 5.56 Å². The SMILES string of the molecule is Cc1nc(N(C)c2ccc(CCCCCCC(=O)NO)cc2)c2ccccc2n1. The van der Waals surface area contributed by atoms with Gasteiger partial charge in [-0.25, -0.2) is 15.4 Å². The van der Waals surface area contributed by atoms with Crippen LogP contribution in [0.5, 0.6) is 0 Å². The number of carbonyl (C=O) groups excluding carboxylic acids is 1. The number of rotatable bonds is 9. The molecule has 1 aromatic heterocycles. The summed E-state index contributed by atoms with van der Waals surface area (Å²) in [6, 6.07) is 16.7. The highest BCUT2D eigenvalue weighted by Gasteiger charge is 2.11. The van der Waals surface area contributed by atoms with Crippen molar-refractivity contribution in [2.45, 2.75) is 45.4 Å². The molecule has 29 heavy (non-hydrogen) atoms. The minimum absolute atomic E-state index is 0.309. The van der Waals surface area contributed by atoms with Crippen molar-refractivity contribution in [1.82, 2.24) is 15.4 Å². The number of hydrogen-bond donors (Lipinski definition) is 2. The van der Waals surface area contributed by atoms with Gasteiger partial charge in [-0.1, -0.05) is 37.1 Å². The Morgan fingerprint density at radius 2 is 1.72 bits per heavy atom. The van der Waals surface area contributed by atoms with Gasteiger partial charge in [0.05, 0.1) is 5.52 Å². The maximum atomic E-state index is 11.0. The highest BCUT2D eigenvalue weighted by Crippen LogP contribution is 2.29. The van der Waals surface area contributed by atoms with Crippen LogP contribution in [0.15, 0.2) is 48.5 Å². The standard InChI is InChI=1S/C23H28N4O2/c1-17-24-21-11-8-7-10-20(21)23(25-17)27(2)19-15-13-18(14-16-19)9-5-3-4-6-12-22(28)26-29/h7-8,10-11,13-16,29H,3-6,9,12H2,1-2H3,(H,26,28). The van der Waals surface area contributed by atoms with Crippen LogP contribution < -0.4 is 10.4 Å². The van der Waals surface area contributed by atoms with Crippen LogP contribution >= 0.6 is 0 Å². The predicted molar refractivity (Wildman–Crippen MR) is 115 cm³/mol. The third-order valence-corrected chi connectivity index (χ3v) is 5.08. The Hall–Kier alpha value is -2.99. The average Bonchev–Trinajstić information content (AvgIpc) is 2.75. The first-order chi connectivity index (χ1) is 14.1. The Kier molecular flexibility index (Phi) is 7.14. The van der Waals surface area contributed by atoms with Crippen molar-refractivity contribution in [3.8, 4) is 0 Å². The lowest BCUT2D eigenvalue weighted by Crippen LogP contribution is -2.17. The van der Waals surface area contributed by atoms with Crippen LogP contribution in [0.4, 0.5) is 11.5 Å². The van der Waals surface area contributed by atoms with E-state index in [4.69, 9.17) is 5.21 Å². The van der Waals surface area contributed by atoms with E-state index in [1.54, 1.807) is 5.48 Å². The first kappa shape index (κ1) is 20.7. The zero-order chi connectivity index (χ0) is 20.6. The molecule has 0 radical (unpaired) electrons. The minimum atomic E-state index is -0.309. The summed E-state index contributed by atoms with van der Waals surface area (Å²) in [6.07, 6.45) is 5.37. The van der Waals surface area contributed by atoms with E-state index in [-0.39, 0.29) is 5.91 Å². The van der Waals surface area contributed by atoms with Gasteiger partial charge in [-0.15, -0.1) is 0 Å². The van der Waals surface area contributed by atoms with Crippen LogP contribution in [0.3, 0.4) is 0 Å². The van der Waals surface area contributed by atoms with Crippen molar-refractivity contribution in [3.63, 3.8) is 0 Å². The normalized spacial score (nSPS) is 10.9. The van der Waals surface area contributed by atoms with Gasteiger partial charge in [0.1, 0.15) is 11.6 Å². The molecule has 3 aromatic rings. The Labute approximate surface area is 171 Å². The van der Waals surface area contributed by atoms with Gasteiger partial charge in [0, 0.05) is 24.5 Å². The Morgan fingerprint density at radius 1 is 1.00 bits per heavy atom. The molecular formula is C23H28N4O2. The van der Waals surface area contributed by atoms with Crippen LogP contribution in [-0.4, -0.2) is 28.1 Å². The molecule has 0 fully saturated rings. The molecule has 6 heteroatoms. The van der Waals surface area contributed by atoms with E-state index in [0.717, 1.165) is 60.3 Å². The second-order valence-electron chi connectivity index (χ2n) is 7.29. The summed E-state index contributed by atoms with van der Waals surface area (Å²) in [5.41, 5.74) is 5.02. The van der Waals surface area contributed by atoms with Gasteiger partial charge in [-0.2, -0.15) is 0 Å². The van der Waals surface area contributed by atoms with Gasteiger partial charge in [0.25, 0.3) is 0 Å². The first-order valence-electron chi connectivity index (χ1n) is 10.1. The number of amides is 1. The van der Waals surface area contributed by atoms with Crippen molar-refractivity contribution >= 4 is 28.3 Å². The summed E-state index contributed by atoms with van der Waals surface area (Å²) in [7, 11) is 2.03. The topological polar surface area (TPSA) is 78.4 Å². The van der Waals surface area contributed by atoms with E-state index >= 15 is 0 Å². The summed E-state index contributed by atoms with van der Waals surface area (Å²) in [5, 5.41) is 9.52. The number of carbonyl (C=O) groups is 1. The monoisotopic (exact) mass is 392 g/mol. The number of hydroxylamine groups is 1. The number of para-hydroxylation sites is 1. The lowest BCUT2D eigenvalue weighted by molar-refractivity contribution is -0.129. The largest absolute Gasteiger partial charge is 0.329 e. The Morgan fingerprint density at radius 3 is 2.48 bits per heavy atom. The zero-order valence-corrected chi connectivity index (χ0v) is 17.1. The number of unbranched alkanes of at least 4 members (excludes halogenated alkanes) is 3.